The molecule has 0 aliphatic rings. The summed E-state index contributed by atoms with van der Waals surface area (Å²) in [7, 11) is 0. The molecule has 1 heterocycles. The lowest BCUT2D eigenvalue weighted by Crippen LogP contribution is -2.29. The van der Waals surface area contributed by atoms with Crippen molar-refractivity contribution in [3.8, 4) is 0 Å². The number of hydrogen-bond donors (Lipinski definition) is 2. The minimum absolute atomic E-state index is 0.00759. The number of benzene rings is 2. The molecule has 0 spiro atoms. The molecule has 7 heteroatoms. The third-order valence-electron chi connectivity index (χ3n) is 3.95. The van der Waals surface area contributed by atoms with Gasteiger partial charge in [0, 0.05) is 5.69 Å². The van der Waals surface area contributed by atoms with E-state index in [1.807, 2.05) is 19.1 Å². The number of aromatic carboxylic acids is 1. The molecule has 1 unspecified atom stereocenters. The normalized spacial score (nSPS) is 12.1. The standard InChI is InChI=1S/C18H16N2O5/c1-10-3-6-13(7-4-10)19-16(21)11(2)20-14-9-12(17(22)23)5-8-15(14)25-18(20)24/h3-9,11H,1-2H3,(H,19,21)(H,22,23). The van der Waals surface area contributed by atoms with Crippen LogP contribution >= 0.6 is 0 Å². The molecule has 2 N–H and O–H groups in total. The number of nitrogens with one attached hydrogen (secondary N) is 1. The van der Waals surface area contributed by atoms with Crippen molar-refractivity contribution in [3.63, 3.8) is 0 Å². The van der Waals surface area contributed by atoms with Crippen molar-refractivity contribution in [1.82, 2.24) is 4.57 Å². The van der Waals surface area contributed by atoms with Gasteiger partial charge in [-0.3, -0.25) is 9.36 Å². The number of rotatable bonds is 4. The number of oxazole rings is 1. The average molecular weight is 340 g/mol. The SMILES string of the molecule is Cc1ccc(NC(=O)C(C)n2c(=O)oc3ccc(C(=O)O)cc32)cc1. The number of anilines is 1. The van der Waals surface area contributed by atoms with Crippen LogP contribution in [0.15, 0.2) is 51.7 Å². The van der Waals surface area contributed by atoms with Crippen LogP contribution in [0, 0.1) is 6.92 Å². The Kier molecular flexibility index (Phi) is 4.14. The van der Waals surface area contributed by atoms with Gasteiger partial charge in [0.2, 0.25) is 5.91 Å². The molecule has 2 aromatic carbocycles. The molecule has 0 aliphatic heterocycles. The summed E-state index contributed by atoms with van der Waals surface area (Å²) in [6.07, 6.45) is 0. The molecule has 0 fully saturated rings. The minimum Gasteiger partial charge on any atom is -0.478 e. The highest BCUT2D eigenvalue weighted by Crippen LogP contribution is 2.20. The van der Waals surface area contributed by atoms with Crippen molar-refractivity contribution in [3.05, 3.63) is 64.1 Å². The lowest BCUT2D eigenvalue weighted by Gasteiger charge is -2.13. The number of amides is 1. The van der Waals surface area contributed by atoms with Crippen LogP contribution in [0.3, 0.4) is 0 Å². The molecular weight excluding hydrogens is 324 g/mol. The van der Waals surface area contributed by atoms with E-state index in [9.17, 15) is 14.4 Å². The fraction of sp³-hybridized carbons (Fsp3) is 0.167. The summed E-state index contributed by atoms with van der Waals surface area (Å²) in [5.41, 5.74) is 2.16. The maximum Gasteiger partial charge on any atom is 0.420 e. The number of carbonyl (C=O) groups is 2. The van der Waals surface area contributed by atoms with Crippen LogP contribution in [0.2, 0.25) is 0 Å². The Labute approximate surface area is 142 Å². The molecule has 128 valence electrons. The van der Waals surface area contributed by atoms with Gasteiger partial charge >= 0.3 is 11.7 Å². The fourth-order valence-corrected chi connectivity index (χ4v) is 2.53. The van der Waals surface area contributed by atoms with Gasteiger partial charge in [0.15, 0.2) is 5.58 Å². The maximum atomic E-state index is 12.5. The van der Waals surface area contributed by atoms with E-state index in [-0.39, 0.29) is 16.7 Å². The third kappa shape index (κ3) is 3.16. The molecule has 0 aliphatic carbocycles. The van der Waals surface area contributed by atoms with Crippen molar-refractivity contribution in [2.24, 2.45) is 0 Å². The summed E-state index contributed by atoms with van der Waals surface area (Å²) < 4.78 is 6.25. The molecule has 0 saturated heterocycles. The number of fused-ring (bicyclic) bond motifs is 1. The molecule has 7 nitrogen and oxygen atoms in total. The number of nitrogens with zero attached hydrogens (tertiary/aromatic N) is 1. The Morgan fingerprint density at radius 1 is 1.16 bits per heavy atom. The van der Waals surface area contributed by atoms with Crippen LogP contribution < -0.4 is 11.1 Å². The number of carbonyl (C=O) groups excluding carboxylic acids is 1. The van der Waals surface area contributed by atoms with E-state index >= 15 is 0 Å². The summed E-state index contributed by atoms with van der Waals surface area (Å²) in [6, 6.07) is 10.4. The summed E-state index contributed by atoms with van der Waals surface area (Å²) >= 11 is 0. The van der Waals surface area contributed by atoms with Crippen LogP contribution in [-0.4, -0.2) is 21.6 Å². The Balaban J connectivity index is 1.96. The van der Waals surface area contributed by atoms with Crippen molar-refractivity contribution < 1.29 is 19.1 Å². The van der Waals surface area contributed by atoms with Crippen LogP contribution in [0.1, 0.15) is 28.9 Å². The zero-order chi connectivity index (χ0) is 18.1. The third-order valence-corrected chi connectivity index (χ3v) is 3.95. The topological polar surface area (TPSA) is 102 Å². The largest absolute Gasteiger partial charge is 0.478 e. The fourth-order valence-electron chi connectivity index (χ4n) is 2.53. The highest BCUT2D eigenvalue weighted by molar-refractivity contribution is 5.95. The molecule has 0 saturated carbocycles. The predicted molar refractivity (Wildman–Crippen MR) is 92.0 cm³/mol. The van der Waals surface area contributed by atoms with Crippen molar-refractivity contribution >= 4 is 28.7 Å². The highest BCUT2D eigenvalue weighted by Gasteiger charge is 2.22. The second-order valence-electron chi connectivity index (χ2n) is 5.76. The zero-order valence-corrected chi connectivity index (χ0v) is 13.6. The van der Waals surface area contributed by atoms with Gasteiger partial charge < -0.3 is 14.8 Å². The Morgan fingerprint density at radius 3 is 2.48 bits per heavy atom. The predicted octanol–water partition coefficient (Wildman–Crippen LogP) is 2.80. The summed E-state index contributed by atoms with van der Waals surface area (Å²) in [5.74, 6) is -2.25. The van der Waals surface area contributed by atoms with Crippen molar-refractivity contribution in [1.29, 1.82) is 0 Å². The first kappa shape index (κ1) is 16.5. The van der Waals surface area contributed by atoms with Crippen LogP contribution in [0.5, 0.6) is 0 Å². The van der Waals surface area contributed by atoms with E-state index in [0.717, 1.165) is 10.1 Å². The molecule has 1 aromatic heterocycles. The molecule has 25 heavy (non-hydrogen) atoms. The first-order valence-electron chi connectivity index (χ1n) is 7.63. The lowest BCUT2D eigenvalue weighted by molar-refractivity contribution is -0.118. The highest BCUT2D eigenvalue weighted by atomic mass is 16.4. The molecular formula is C18H16N2O5. The number of carboxylic acids is 1. The van der Waals surface area contributed by atoms with Gasteiger partial charge in [0.05, 0.1) is 11.1 Å². The zero-order valence-electron chi connectivity index (χ0n) is 13.6. The van der Waals surface area contributed by atoms with E-state index in [2.05, 4.69) is 5.32 Å². The smallest absolute Gasteiger partial charge is 0.420 e. The van der Waals surface area contributed by atoms with E-state index in [4.69, 9.17) is 9.52 Å². The number of aryl methyl sites for hydroxylation is 1. The Bertz CT molecular complexity index is 1010. The first-order chi connectivity index (χ1) is 11.9. The minimum atomic E-state index is -1.13. The van der Waals surface area contributed by atoms with Gasteiger partial charge in [0.25, 0.3) is 0 Å². The number of carboxylic acid groups (broad SMARTS) is 1. The average Bonchev–Trinajstić information content (AvgIpc) is 2.91. The van der Waals surface area contributed by atoms with Gasteiger partial charge in [-0.15, -0.1) is 0 Å². The van der Waals surface area contributed by atoms with E-state index < -0.39 is 23.7 Å². The van der Waals surface area contributed by atoms with Gasteiger partial charge in [-0.2, -0.15) is 0 Å². The molecule has 0 bridgehead atoms. The van der Waals surface area contributed by atoms with Gasteiger partial charge in [-0.25, -0.2) is 9.59 Å². The van der Waals surface area contributed by atoms with Crippen molar-refractivity contribution in [2.75, 3.05) is 5.32 Å². The summed E-state index contributed by atoms with van der Waals surface area (Å²) in [4.78, 5) is 35.8. The van der Waals surface area contributed by atoms with E-state index in [1.54, 1.807) is 19.1 Å². The quantitative estimate of drug-likeness (QED) is 0.760. The number of aromatic nitrogens is 1. The maximum absolute atomic E-state index is 12.5. The van der Waals surface area contributed by atoms with Crippen LogP contribution in [0.4, 0.5) is 5.69 Å². The molecule has 1 amide bonds. The first-order valence-corrected chi connectivity index (χ1v) is 7.63. The van der Waals surface area contributed by atoms with Gasteiger partial charge in [-0.05, 0) is 44.2 Å². The molecule has 1 atom stereocenters. The second-order valence-corrected chi connectivity index (χ2v) is 5.76. The van der Waals surface area contributed by atoms with Gasteiger partial charge in [0.1, 0.15) is 6.04 Å². The number of hydrogen-bond acceptors (Lipinski definition) is 4. The van der Waals surface area contributed by atoms with E-state index in [0.29, 0.717) is 5.69 Å². The Hall–Kier alpha value is -3.35. The monoisotopic (exact) mass is 340 g/mol. The van der Waals surface area contributed by atoms with Gasteiger partial charge in [-0.1, -0.05) is 17.7 Å². The van der Waals surface area contributed by atoms with Crippen molar-refractivity contribution in [2.45, 2.75) is 19.9 Å². The Morgan fingerprint density at radius 2 is 1.84 bits per heavy atom. The molecule has 3 aromatic rings. The van der Waals surface area contributed by atoms with E-state index in [1.165, 1.54) is 18.2 Å². The summed E-state index contributed by atoms with van der Waals surface area (Å²) in [5, 5.41) is 11.8. The lowest BCUT2D eigenvalue weighted by atomic mass is 10.2. The molecule has 3 rings (SSSR count). The van der Waals surface area contributed by atoms with Crippen LogP contribution in [0.25, 0.3) is 11.1 Å². The second kappa shape index (κ2) is 6.27. The molecule has 0 radical (unpaired) electrons. The van der Waals surface area contributed by atoms with Crippen LogP contribution in [-0.2, 0) is 4.79 Å². The summed E-state index contributed by atoms with van der Waals surface area (Å²) in [6.45, 7) is 3.48.